The van der Waals surface area contributed by atoms with E-state index in [1.54, 1.807) is 25.1 Å². The Labute approximate surface area is 256 Å². The summed E-state index contributed by atoms with van der Waals surface area (Å²) >= 11 is 6.42. The largest absolute Gasteiger partial charge is 0.352 e. The maximum atomic E-state index is 13.9. The fourth-order valence-electron chi connectivity index (χ4n) is 7.92. The van der Waals surface area contributed by atoms with Crippen LogP contribution in [0, 0.1) is 17.8 Å². The number of anilines is 1. The van der Waals surface area contributed by atoms with E-state index in [1.807, 2.05) is 32.0 Å². The van der Waals surface area contributed by atoms with Crippen molar-refractivity contribution in [3.05, 3.63) is 64.7 Å². The molecule has 6 rings (SSSR count). The van der Waals surface area contributed by atoms with Crippen LogP contribution in [0.5, 0.6) is 0 Å². The summed E-state index contributed by atoms with van der Waals surface area (Å²) in [6, 6.07) is 14.1. The number of sulfonamides is 1. The van der Waals surface area contributed by atoms with Crippen molar-refractivity contribution in [2.75, 3.05) is 17.1 Å². The van der Waals surface area contributed by atoms with Gasteiger partial charge in [-0.1, -0.05) is 48.9 Å². The van der Waals surface area contributed by atoms with Crippen LogP contribution in [0.25, 0.3) is 0 Å². The zero-order valence-electron chi connectivity index (χ0n) is 25.2. The lowest BCUT2D eigenvalue weighted by Gasteiger charge is -2.57. The lowest BCUT2D eigenvalue weighted by atomic mass is 9.48. The first-order valence-corrected chi connectivity index (χ1v) is 17.5. The number of benzene rings is 2. The molecule has 4 saturated carbocycles. The Bertz CT molecular complexity index is 1380. The molecule has 4 aliphatic carbocycles. The average Bonchev–Trinajstić information content (AvgIpc) is 2.93. The van der Waals surface area contributed by atoms with Gasteiger partial charge in [0.15, 0.2) is 0 Å². The molecule has 2 aromatic carbocycles. The predicted octanol–water partition coefficient (Wildman–Crippen LogP) is 5.91. The van der Waals surface area contributed by atoms with Crippen molar-refractivity contribution in [1.29, 1.82) is 0 Å². The quantitative estimate of drug-likeness (QED) is 0.342. The predicted molar refractivity (Wildman–Crippen MR) is 168 cm³/mol. The van der Waals surface area contributed by atoms with Gasteiger partial charge >= 0.3 is 0 Å². The van der Waals surface area contributed by atoms with Gasteiger partial charge in [0.05, 0.1) is 11.9 Å². The van der Waals surface area contributed by atoms with Crippen molar-refractivity contribution >= 4 is 39.1 Å². The van der Waals surface area contributed by atoms with Crippen LogP contribution in [0.3, 0.4) is 0 Å². The van der Waals surface area contributed by atoms with Crippen molar-refractivity contribution in [2.45, 2.75) is 89.8 Å². The summed E-state index contributed by atoms with van der Waals surface area (Å²) < 4.78 is 27.3. The van der Waals surface area contributed by atoms with E-state index in [9.17, 15) is 18.0 Å². The molecule has 0 unspecified atom stereocenters. The van der Waals surface area contributed by atoms with Gasteiger partial charge in [0, 0.05) is 17.6 Å². The molecule has 2 amide bonds. The highest BCUT2D eigenvalue weighted by Gasteiger charge is 2.51. The molecule has 42 heavy (non-hydrogen) atoms. The standard InChI is InChI=1S/C33H44ClN3O4S/c1-5-22(2)35-32(39)23(3)36(20-27-8-6-7-9-30(27)34)31(38)21-37(42(4,40)41)29-12-10-28(11-13-29)33-17-24-14-25(18-33)16-26(15-24)19-33/h6-13,22-26H,5,14-21H2,1-4H3,(H,35,39)/t22-,23-,24?,25?,26?,33?/m0/s1. The smallest absolute Gasteiger partial charge is 0.244 e. The average molecular weight is 614 g/mol. The second-order valence-corrected chi connectivity index (χ2v) is 15.4. The molecule has 2 atom stereocenters. The summed E-state index contributed by atoms with van der Waals surface area (Å²) in [6.07, 6.45) is 9.61. The molecule has 7 nitrogen and oxygen atoms in total. The maximum Gasteiger partial charge on any atom is 0.244 e. The zero-order chi connectivity index (χ0) is 30.2. The number of rotatable bonds is 11. The van der Waals surface area contributed by atoms with Crippen molar-refractivity contribution in [3.8, 4) is 0 Å². The molecule has 4 bridgehead atoms. The third-order valence-corrected chi connectivity index (χ3v) is 11.5. The monoisotopic (exact) mass is 613 g/mol. The summed E-state index contributed by atoms with van der Waals surface area (Å²) in [5, 5.41) is 3.42. The van der Waals surface area contributed by atoms with E-state index in [2.05, 4.69) is 17.4 Å². The SMILES string of the molecule is CC[C@H](C)NC(=O)[C@H](C)N(Cc1ccccc1Cl)C(=O)CN(c1ccc(C23CC4CC(CC(C4)C2)C3)cc1)S(C)(=O)=O. The number of amides is 2. The van der Waals surface area contributed by atoms with Gasteiger partial charge in [-0.3, -0.25) is 13.9 Å². The van der Waals surface area contributed by atoms with Gasteiger partial charge < -0.3 is 10.2 Å². The Morgan fingerprint density at radius 2 is 1.55 bits per heavy atom. The van der Waals surface area contributed by atoms with E-state index in [4.69, 9.17) is 11.6 Å². The fourth-order valence-corrected chi connectivity index (χ4v) is 8.96. The summed E-state index contributed by atoms with van der Waals surface area (Å²) in [5.74, 6) is 1.66. The van der Waals surface area contributed by atoms with Crippen LogP contribution in [-0.2, 0) is 31.6 Å². The molecule has 0 heterocycles. The van der Waals surface area contributed by atoms with E-state index in [-0.39, 0.29) is 23.9 Å². The summed E-state index contributed by atoms with van der Waals surface area (Å²) in [7, 11) is -3.80. The molecule has 9 heteroatoms. The highest BCUT2D eigenvalue weighted by Crippen LogP contribution is 2.60. The van der Waals surface area contributed by atoms with Gasteiger partial charge in [-0.05, 0) is 111 Å². The molecule has 0 aliphatic heterocycles. The number of nitrogens with zero attached hydrogens (tertiary/aromatic N) is 2. The lowest BCUT2D eigenvalue weighted by molar-refractivity contribution is -0.139. The molecular weight excluding hydrogens is 570 g/mol. The van der Waals surface area contributed by atoms with Gasteiger partial charge in [0.2, 0.25) is 21.8 Å². The van der Waals surface area contributed by atoms with Gasteiger partial charge in [-0.15, -0.1) is 0 Å². The molecule has 228 valence electrons. The van der Waals surface area contributed by atoms with Crippen molar-refractivity contribution in [3.63, 3.8) is 0 Å². The Morgan fingerprint density at radius 3 is 2.07 bits per heavy atom. The highest BCUT2D eigenvalue weighted by molar-refractivity contribution is 7.92. The van der Waals surface area contributed by atoms with E-state index in [0.717, 1.165) is 34.7 Å². The first-order chi connectivity index (χ1) is 19.9. The number of halogens is 1. The molecule has 0 aromatic heterocycles. The van der Waals surface area contributed by atoms with Crippen LogP contribution in [0.15, 0.2) is 48.5 Å². The highest BCUT2D eigenvalue weighted by atomic mass is 35.5. The molecular formula is C33H44ClN3O4S. The molecule has 0 radical (unpaired) electrons. The summed E-state index contributed by atoms with van der Waals surface area (Å²) in [6.45, 7) is 5.21. The minimum Gasteiger partial charge on any atom is -0.352 e. The Hall–Kier alpha value is -2.58. The first kappa shape index (κ1) is 30.9. The van der Waals surface area contributed by atoms with E-state index in [1.165, 1.54) is 49.0 Å². The fraction of sp³-hybridized carbons (Fsp3) is 0.576. The van der Waals surface area contributed by atoms with Gasteiger partial charge in [0.1, 0.15) is 12.6 Å². The number of carbonyl (C=O) groups excluding carboxylic acids is 2. The van der Waals surface area contributed by atoms with Crippen molar-refractivity contribution < 1.29 is 18.0 Å². The van der Waals surface area contributed by atoms with Crippen LogP contribution >= 0.6 is 11.6 Å². The van der Waals surface area contributed by atoms with Crippen LogP contribution in [0.2, 0.25) is 5.02 Å². The number of hydrogen-bond donors (Lipinski definition) is 1. The molecule has 4 fully saturated rings. The normalized spacial score (nSPS) is 26.0. The Morgan fingerprint density at radius 1 is 0.976 bits per heavy atom. The van der Waals surface area contributed by atoms with Crippen molar-refractivity contribution in [2.24, 2.45) is 17.8 Å². The third kappa shape index (κ3) is 6.49. The zero-order valence-corrected chi connectivity index (χ0v) is 26.8. The molecule has 1 N–H and O–H groups in total. The lowest BCUT2D eigenvalue weighted by Crippen LogP contribution is -2.52. The molecule has 0 saturated heterocycles. The topological polar surface area (TPSA) is 86.8 Å². The van der Waals surface area contributed by atoms with Gasteiger partial charge in [-0.2, -0.15) is 0 Å². The summed E-state index contributed by atoms with van der Waals surface area (Å²) in [4.78, 5) is 28.4. The molecule has 2 aromatic rings. The first-order valence-electron chi connectivity index (χ1n) is 15.3. The minimum atomic E-state index is -3.80. The maximum absolute atomic E-state index is 13.9. The van der Waals surface area contributed by atoms with Crippen LogP contribution < -0.4 is 9.62 Å². The minimum absolute atomic E-state index is 0.0581. The molecule has 4 aliphatic rings. The van der Waals surface area contributed by atoms with Gasteiger partial charge in [-0.25, -0.2) is 8.42 Å². The number of nitrogens with one attached hydrogen (secondary N) is 1. The number of carbonyl (C=O) groups is 2. The second kappa shape index (κ2) is 12.2. The Kier molecular flexibility index (Phi) is 8.96. The Balaban J connectivity index is 1.39. The second-order valence-electron chi connectivity index (χ2n) is 13.1. The van der Waals surface area contributed by atoms with Crippen molar-refractivity contribution in [1.82, 2.24) is 10.2 Å². The van der Waals surface area contributed by atoms with Crippen LogP contribution in [0.1, 0.15) is 76.8 Å². The van der Waals surface area contributed by atoms with Crippen LogP contribution in [0.4, 0.5) is 5.69 Å². The van der Waals surface area contributed by atoms with E-state index >= 15 is 0 Å². The van der Waals surface area contributed by atoms with E-state index in [0.29, 0.717) is 16.3 Å². The molecule has 0 spiro atoms. The van der Waals surface area contributed by atoms with Crippen LogP contribution in [-0.4, -0.2) is 50.0 Å². The summed E-state index contributed by atoms with van der Waals surface area (Å²) in [5.41, 5.74) is 2.62. The van der Waals surface area contributed by atoms with Gasteiger partial charge in [0.25, 0.3) is 0 Å². The number of hydrogen-bond acceptors (Lipinski definition) is 4. The third-order valence-electron chi connectivity index (χ3n) is 9.95. The van der Waals surface area contributed by atoms with E-state index < -0.39 is 28.5 Å².